The van der Waals surface area contributed by atoms with Gasteiger partial charge in [-0.1, -0.05) is 18.2 Å². The van der Waals surface area contributed by atoms with Gasteiger partial charge in [-0.15, -0.1) is 0 Å². The van der Waals surface area contributed by atoms with Gasteiger partial charge in [0, 0.05) is 25.8 Å². The Labute approximate surface area is 109 Å². The van der Waals surface area contributed by atoms with Crippen LogP contribution in [0, 0.1) is 7.05 Å². The molecule has 0 unspecified atom stereocenters. The Morgan fingerprint density at radius 3 is 2.44 bits per heavy atom. The predicted octanol–water partition coefficient (Wildman–Crippen LogP) is 1.06. The zero-order valence-corrected chi connectivity index (χ0v) is 10.9. The second-order valence-electron chi connectivity index (χ2n) is 4.68. The van der Waals surface area contributed by atoms with Crippen LogP contribution < -0.4 is 4.90 Å². The molecule has 0 spiro atoms. The third-order valence-corrected chi connectivity index (χ3v) is 3.34. The van der Waals surface area contributed by atoms with Crippen molar-refractivity contribution in [3.05, 3.63) is 37.4 Å². The summed E-state index contributed by atoms with van der Waals surface area (Å²) in [6.45, 7) is 4.18. The van der Waals surface area contributed by atoms with Crippen LogP contribution in [0.15, 0.2) is 30.3 Å². The van der Waals surface area contributed by atoms with Crippen molar-refractivity contribution in [2.75, 3.05) is 44.7 Å². The summed E-state index contributed by atoms with van der Waals surface area (Å²) in [4.78, 5) is 18.1. The van der Waals surface area contributed by atoms with E-state index in [9.17, 15) is 4.79 Å². The molecule has 1 aromatic carbocycles. The number of para-hydroxylation sites is 1. The molecule has 0 radical (unpaired) electrons. The van der Waals surface area contributed by atoms with Crippen molar-refractivity contribution in [2.24, 2.45) is 0 Å². The number of rotatable bonds is 3. The summed E-state index contributed by atoms with van der Waals surface area (Å²) in [5, 5.41) is 0. The molecule has 0 aromatic heterocycles. The topological polar surface area (TPSA) is 26.8 Å². The molecule has 1 aliphatic rings. The summed E-state index contributed by atoms with van der Waals surface area (Å²) in [5.74, 6) is 0.138. The van der Waals surface area contributed by atoms with E-state index in [-0.39, 0.29) is 5.91 Å². The first-order valence-corrected chi connectivity index (χ1v) is 6.26. The van der Waals surface area contributed by atoms with Crippen LogP contribution in [0.25, 0.3) is 0 Å². The van der Waals surface area contributed by atoms with E-state index < -0.39 is 0 Å². The van der Waals surface area contributed by atoms with Crippen molar-refractivity contribution < 1.29 is 4.79 Å². The summed E-state index contributed by atoms with van der Waals surface area (Å²) in [6.07, 6.45) is 0. The second-order valence-corrected chi connectivity index (χ2v) is 4.68. The van der Waals surface area contributed by atoms with Crippen LogP contribution in [0.3, 0.4) is 0 Å². The van der Waals surface area contributed by atoms with Crippen LogP contribution in [0.1, 0.15) is 0 Å². The van der Waals surface area contributed by atoms with Gasteiger partial charge in [-0.05, 0) is 25.2 Å². The average molecular weight is 246 g/mol. The highest BCUT2D eigenvalue weighted by Crippen LogP contribution is 2.11. The highest BCUT2D eigenvalue weighted by atomic mass is 16.2. The van der Waals surface area contributed by atoms with Crippen molar-refractivity contribution in [2.45, 2.75) is 0 Å². The molecule has 1 aromatic rings. The van der Waals surface area contributed by atoms with E-state index in [2.05, 4.69) is 11.9 Å². The number of piperazine rings is 1. The van der Waals surface area contributed by atoms with Crippen LogP contribution in [0.5, 0.6) is 0 Å². The highest BCUT2D eigenvalue weighted by Gasteiger charge is 2.17. The van der Waals surface area contributed by atoms with Crippen molar-refractivity contribution in [1.29, 1.82) is 0 Å². The number of carbonyl (C=O) groups is 1. The first-order chi connectivity index (χ1) is 8.66. The molecule has 0 aliphatic carbocycles. The highest BCUT2D eigenvalue weighted by molar-refractivity contribution is 5.94. The quantitative estimate of drug-likeness (QED) is 0.746. The Hall–Kier alpha value is -1.39. The van der Waals surface area contributed by atoms with Gasteiger partial charge in [0.05, 0.1) is 6.54 Å². The number of likely N-dealkylation sites (N-methyl/N-ethyl adjacent to an activating group) is 1. The minimum absolute atomic E-state index is 0.138. The molecule has 1 fully saturated rings. The molecule has 0 N–H and O–H groups in total. The standard InChI is InChI=1S/C14H20N3O/c1-15-8-10-17(11-9-15)12-14(18)16(2)13-6-4-3-5-7-13/h3-7H,1,8-12H2,2H3/q-1. The summed E-state index contributed by atoms with van der Waals surface area (Å²) in [5.41, 5.74) is 0.943. The third kappa shape index (κ3) is 3.31. The van der Waals surface area contributed by atoms with E-state index in [1.807, 2.05) is 42.3 Å². The summed E-state index contributed by atoms with van der Waals surface area (Å²) in [6, 6.07) is 9.74. The molecule has 0 atom stereocenters. The normalized spacial score (nSPS) is 17.7. The predicted molar refractivity (Wildman–Crippen MR) is 73.2 cm³/mol. The Kier molecular flexibility index (Phi) is 4.33. The van der Waals surface area contributed by atoms with Gasteiger partial charge < -0.3 is 9.80 Å². The molecule has 0 saturated carbocycles. The molecule has 4 heteroatoms. The van der Waals surface area contributed by atoms with E-state index >= 15 is 0 Å². The largest absolute Gasteiger partial charge is 0.457 e. The molecule has 4 nitrogen and oxygen atoms in total. The zero-order valence-electron chi connectivity index (χ0n) is 10.9. The zero-order chi connectivity index (χ0) is 13.0. The number of amides is 1. The number of carbonyl (C=O) groups excluding carboxylic acids is 1. The molecular formula is C14H20N3O-. The fraction of sp³-hybridized carbons (Fsp3) is 0.429. The van der Waals surface area contributed by atoms with Crippen molar-refractivity contribution in [1.82, 2.24) is 9.80 Å². The van der Waals surface area contributed by atoms with E-state index in [1.165, 1.54) is 0 Å². The Bertz CT molecular complexity index is 385. The van der Waals surface area contributed by atoms with Gasteiger partial charge in [0.1, 0.15) is 0 Å². The fourth-order valence-corrected chi connectivity index (χ4v) is 2.04. The van der Waals surface area contributed by atoms with Crippen molar-refractivity contribution >= 4 is 11.6 Å². The SMILES string of the molecule is [CH2-]N1CCN(CC(=O)N(C)c2ccccc2)CC1. The van der Waals surface area contributed by atoms with Gasteiger partial charge in [0.15, 0.2) is 0 Å². The molecule has 1 saturated heterocycles. The van der Waals surface area contributed by atoms with Crippen molar-refractivity contribution in [3.8, 4) is 0 Å². The molecule has 2 rings (SSSR count). The third-order valence-electron chi connectivity index (χ3n) is 3.34. The van der Waals surface area contributed by atoms with Gasteiger partial charge in [-0.3, -0.25) is 16.7 Å². The van der Waals surface area contributed by atoms with Crippen LogP contribution in [0.2, 0.25) is 0 Å². The molecular weight excluding hydrogens is 226 g/mol. The molecule has 18 heavy (non-hydrogen) atoms. The molecule has 0 bridgehead atoms. The number of nitrogens with zero attached hydrogens (tertiary/aromatic N) is 3. The van der Waals surface area contributed by atoms with Crippen molar-refractivity contribution in [3.63, 3.8) is 0 Å². The Morgan fingerprint density at radius 2 is 1.83 bits per heavy atom. The van der Waals surface area contributed by atoms with E-state index in [0.717, 1.165) is 31.9 Å². The first kappa shape index (κ1) is 13.1. The monoisotopic (exact) mass is 246 g/mol. The van der Waals surface area contributed by atoms with Crippen LogP contribution >= 0.6 is 0 Å². The van der Waals surface area contributed by atoms with E-state index in [4.69, 9.17) is 0 Å². The lowest BCUT2D eigenvalue weighted by Crippen LogP contribution is -2.47. The number of benzene rings is 1. The number of anilines is 1. The lowest BCUT2D eigenvalue weighted by atomic mass is 10.3. The smallest absolute Gasteiger partial charge is 0.240 e. The van der Waals surface area contributed by atoms with Gasteiger partial charge in [-0.2, -0.15) is 0 Å². The maximum absolute atomic E-state index is 12.1. The van der Waals surface area contributed by atoms with Crippen LogP contribution in [-0.2, 0) is 4.79 Å². The van der Waals surface area contributed by atoms with E-state index in [0.29, 0.717) is 6.54 Å². The Balaban J connectivity index is 1.88. The van der Waals surface area contributed by atoms with Gasteiger partial charge >= 0.3 is 0 Å². The molecule has 1 amide bonds. The minimum Gasteiger partial charge on any atom is -0.457 e. The molecule has 98 valence electrons. The van der Waals surface area contributed by atoms with Gasteiger partial charge in [0.25, 0.3) is 0 Å². The van der Waals surface area contributed by atoms with E-state index in [1.54, 1.807) is 4.90 Å². The first-order valence-electron chi connectivity index (χ1n) is 6.26. The number of hydrogen-bond donors (Lipinski definition) is 0. The lowest BCUT2D eigenvalue weighted by molar-refractivity contribution is -0.119. The van der Waals surface area contributed by atoms with Gasteiger partial charge in [-0.25, -0.2) is 0 Å². The van der Waals surface area contributed by atoms with Gasteiger partial charge in [0.2, 0.25) is 5.91 Å². The summed E-state index contributed by atoms with van der Waals surface area (Å²) in [7, 11) is 5.73. The van der Waals surface area contributed by atoms with Crippen LogP contribution in [0.4, 0.5) is 5.69 Å². The molecule has 1 aliphatic heterocycles. The second kappa shape index (κ2) is 5.98. The number of hydrogen-bond acceptors (Lipinski definition) is 3. The summed E-state index contributed by atoms with van der Waals surface area (Å²) < 4.78 is 0. The van der Waals surface area contributed by atoms with Crippen LogP contribution in [-0.4, -0.2) is 55.5 Å². The maximum atomic E-state index is 12.1. The molecule has 1 heterocycles. The maximum Gasteiger partial charge on any atom is 0.240 e. The minimum atomic E-state index is 0.138. The average Bonchev–Trinajstić information content (AvgIpc) is 2.41. The Morgan fingerprint density at radius 1 is 1.22 bits per heavy atom. The summed E-state index contributed by atoms with van der Waals surface area (Å²) >= 11 is 0. The fourth-order valence-electron chi connectivity index (χ4n) is 2.04. The lowest BCUT2D eigenvalue weighted by Gasteiger charge is -2.37.